The van der Waals surface area contributed by atoms with E-state index < -0.39 is 0 Å². The van der Waals surface area contributed by atoms with Gasteiger partial charge in [0.2, 0.25) is 5.95 Å². The molecule has 0 amide bonds. The third kappa shape index (κ3) is 3.28. The van der Waals surface area contributed by atoms with Crippen molar-refractivity contribution in [3.8, 4) is 0 Å². The first-order valence-electron chi connectivity index (χ1n) is 6.86. The van der Waals surface area contributed by atoms with Crippen LogP contribution in [0, 0.1) is 6.92 Å². The summed E-state index contributed by atoms with van der Waals surface area (Å²) in [5.74, 6) is 1.48. The Hall–Kier alpha value is -2.21. The molecule has 0 unspecified atom stereocenters. The number of aryl methyl sites for hydroxylation is 1. The number of nitrogens with one attached hydrogen (secondary N) is 2. The maximum Gasteiger partial charge on any atom is 0.224 e. The van der Waals surface area contributed by atoms with Crippen LogP contribution in [0.15, 0.2) is 30.3 Å². The molecule has 21 heavy (non-hydrogen) atoms. The molecule has 5 nitrogen and oxygen atoms in total. The summed E-state index contributed by atoms with van der Waals surface area (Å²) in [6.45, 7) is 2.76. The predicted molar refractivity (Wildman–Crippen MR) is 88.1 cm³/mol. The lowest BCUT2D eigenvalue weighted by molar-refractivity contribution is 0.983. The Morgan fingerprint density at radius 1 is 1.14 bits per heavy atom. The number of benzene rings is 1. The first-order valence-corrected chi connectivity index (χ1v) is 7.68. The molecule has 0 bridgehead atoms. The van der Waals surface area contributed by atoms with Crippen molar-refractivity contribution in [2.75, 3.05) is 24.2 Å². The molecule has 3 rings (SSSR count). The molecule has 0 atom stereocenters. The lowest BCUT2D eigenvalue weighted by Crippen LogP contribution is -2.08. The number of nitrogens with zero attached hydrogens (tertiary/aromatic N) is 3. The van der Waals surface area contributed by atoms with Crippen LogP contribution in [0.1, 0.15) is 10.7 Å². The quantitative estimate of drug-likeness (QED) is 0.758. The molecule has 2 heterocycles. The van der Waals surface area contributed by atoms with Crippen molar-refractivity contribution in [3.05, 3.63) is 41.0 Å². The Morgan fingerprint density at radius 2 is 2.00 bits per heavy atom. The molecular weight excluding hydrogens is 282 g/mol. The minimum absolute atomic E-state index is 0.637. The Morgan fingerprint density at radius 3 is 2.81 bits per heavy atom. The van der Waals surface area contributed by atoms with E-state index in [1.807, 2.05) is 32.2 Å². The smallest absolute Gasteiger partial charge is 0.224 e. The van der Waals surface area contributed by atoms with Crippen LogP contribution in [-0.4, -0.2) is 28.5 Å². The molecule has 3 aromatic rings. The topological polar surface area (TPSA) is 62.7 Å². The molecule has 0 saturated heterocycles. The number of fused-ring (bicyclic) bond motifs is 1. The fourth-order valence-electron chi connectivity index (χ4n) is 2.10. The van der Waals surface area contributed by atoms with E-state index in [4.69, 9.17) is 0 Å². The van der Waals surface area contributed by atoms with Gasteiger partial charge in [-0.05, 0) is 19.1 Å². The second-order valence-corrected chi connectivity index (χ2v) is 5.84. The number of rotatable bonds is 5. The molecule has 0 radical (unpaired) electrons. The van der Waals surface area contributed by atoms with E-state index >= 15 is 0 Å². The fraction of sp³-hybridized carbons (Fsp3) is 0.267. The molecule has 2 N–H and O–H groups in total. The van der Waals surface area contributed by atoms with Gasteiger partial charge in [0.1, 0.15) is 5.82 Å². The van der Waals surface area contributed by atoms with Gasteiger partial charge in [0.15, 0.2) is 0 Å². The Labute approximate surface area is 127 Å². The molecule has 0 aliphatic rings. The van der Waals surface area contributed by atoms with Crippen molar-refractivity contribution in [3.63, 3.8) is 0 Å². The molecule has 1 aromatic carbocycles. The molecule has 0 saturated carbocycles. The third-order valence-corrected chi connectivity index (χ3v) is 4.16. The largest absolute Gasteiger partial charge is 0.369 e. The van der Waals surface area contributed by atoms with Gasteiger partial charge < -0.3 is 10.6 Å². The number of thiazole rings is 1. The van der Waals surface area contributed by atoms with Crippen molar-refractivity contribution in [1.29, 1.82) is 0 Å². The SMILES string of the molecule is CNc1nc(C)cc(NCCc2nc3ccccc3s2)n1. The number of para-hydroxylation sites is 1. The Balaban J connectivity index is 1.64. The predicted octanol–water partition coefficient (Wildman–Crippen LogP) is 3.09. The molecule has 2 aromatic heterocycles. The molecule has 0 aliphatic heterocycles. The minimum atomic E-state index is 0.637. The van der Waals surface area contributed by atoms with Crippen LogP contribution in [0.2, 0.25) is 0 Å². The summed E-state index contributed by atoms with van der Waals surface area (Å²) >= 11 is 1.75. The van der Waals surface area contributed by atoms with Gasteiger partial charge in [-0.25, -0.2) is 9.97 Å². The van der Waals surface area contributed by atoms with Crippen LogP contribution in [0.5, 0.6) is 0 Å². The van der Waals surface area contributed by atoms with Gasteiger partial charge in [0.05, 0.1) is 15.2 Å². The fourth-order valence-corrected chi connectivity index (χ4v) is 3.06. The number of hydrogen-bond acceptors (Lipinski definition) is 6. The molecule has 0 aliphatic carbocycles. The first-order chi connectivity index (χ1) is 10.2. The van der Waals surface area contributed by atoms with Crippen LogP contribution in [0.25, 0.3) is 10.2 Å². The summed E-state index contributed by atoms with van der Waals surface area (Å²) in [4.78, 5) is 13.3. The normalized spacial score (nSPS) is 10.8. The average Bonchev–Trinajstić information content (AvgIpc) is 2.89. The van der Waals surface area contributed by atoms with Crippen LogP contribution < -0.4 is 10.6 Å². The highest BCUT2D eigenvalue weighted by atomic mass is 32.1. The van der Waals surface area contributed by atoms with E-state index in [9.17, 15) is 0 Å². The maximum atomic E-state index is 4.63. The standard InChI is InChI=1S/C15H17N5S/c1-10-9-13(20-15(16-2)18-10)17-8-7-14-19-11-5-3-4-6-12(11)21-14/h3-6,9H,7-8H2,1-2H3,(H2,16,17,18,20). The van der Waals surface area contributed by atoms with Crippen molar-refractivity contribution in [2.45, 2.75) is 13.3 Å². The van der Waals surface area contributed by atoms with Gasteiger partial charge in [-0.1, -0.05) is 12.1 Å². The zero-order valence-corrected chi connectivity index (χ0v) is 12.9. The highest BCUT2D eigenvalue weighted by Crippen LogP contribution is 2.21. The second-order valence-electron chi connectivity index (χ2n) is 4.72. The summed E-state index contributed by atoms with van der Waals surface area (Å²) in [6.07, 6.45) is 0.886. The van der Waals surface area contributed by atoms with Gasteiger partial charge in [-0.15, -0.1) is 11.3 Å². The maximum absolute atomic E-state index is 4.63. The van der Waals surface area contributed by atoms with Crippen molar-refractivity contribution >= 4 is 33.3 Å². The van der Waals surface area contributed by atoms with E-state index in [-0.39, 0.29) is 0 Å². The number of anilines is 2. The van der Waals surface area contributed by atoms with E-state index in [2.05, 4.69) is 37.7 Å². The van der Waals surface area contributed by atoms with Crippen LogP contribution in [0.4, 0.5) is 11.8 Å². The summed E-state index contributed by atoms with van der Waals surface area (Å²) in [6, 6.07) is 10.2. The van der Waals surface area contributed by atoms with Gasteiger partial charge in [-0.2, -0.15) is 4.98 Å². The van der Waals surface area contributed by atoms with E-state index in [1.54, 1.807) is 11.3 Å². The second kappa shape index (κ2) is 6.05. The number of aromatic nitrogens is 3. The number of hydrogen-bond donors (Lipinski definition) is 2. The molecular formula is C15H17N5S. The van der Waals surface area contributed by atoms with E-state index in [0.717, 1.165) is 35.0 Å². The van der Waals surface area contributed by atoms with E-state index in [0.29, 0.717) is 5.95 Å². The van der Waals surface area contributed by atoms with Crippen molar-refractivity contribution in [1.82, 2.24) is 15.0 Å². The lowest BCUT2D eigenvalue weighted by atomic mass is 10.3. The van der Waals surface area contributed by atoms with Crippen LogP contribution in [-0.2, 0) is 6.42 Å². The van der Waals surface area contributed by atoms with Gasteiger partial charge in [-0.3, -0.25) is 0 Å². The minimum Gasteiger partial charge on any atom is -0.369 e. The molecule has 0 fully saturated rings. The Kier molecular flexibility index (Phi) is 3.96. The zero-order chi connectivity index (χ0) is 14.7. The van der Waals surface area contributed by atoms with Gasteiger partial charge in [0, 0.05) is 31.8 Å². The summed E-state index contributed by atoms with van der Waals surface area (Å²) in [5, 5.41) is 7.43. The van der Waals surface area contributed by atoms with Gasteiger partial charge in [0.25, 0.3) is 0 Å². The van der Waals surface area contributed by atoms with Crippen molar-refractivity contribution < 1.29 is 0 Å². The monoisotopic (exact) mass is 299 g/mol. The van der Waals surface area contributed by atoms with Crippen LogP contribution >= 0.6 is 11.3 Å². The van der Waals surface area contributed by atoms with Crippen molar-refractivity contribution in [2.24, 2.45) is 0 Å². The van der Waals surface area contributed by atoms with Crippen LogP contribution in [0.3, 0.4) is 0 Å². The summed E-state index contributed by atoms with van der Waals surface area (Å²) in [7, 11) is 1.82. The van der Waals surface area contributed by atoms with Gasteiger partial charge >= 0.3 is 0 Å². The van der Waals surface area contributed by atoms with E-state index in [1.165, 1.54) is 4.70 Å². The highest BCUT2D eigenvalue weighted by Gasteiger charge is 2.04. The highest BCUT2D eigenvalue weighted by molar-refractivity contribution is 7.18. The molecule has 6 heteroatoms. The lowest BCUT2D eigenvalue weighted by Gasteiger charge is -2.07. The third-order valence-electron chi connectivity index (χ3n) is 3.06. The first kappa shape index (κ1) is 13.8. The Bertz CT molecular complexity index is 720. The zero-order valence-electron chi connectivity index (χ0n) is 12.1. The molecule has 0 spiro atoms. The summed E-state index contributed by atoms with van der Waals surface area (Å²) < 4.78 is 1.24. The average molecular weight is 299 g/mol. The molecule has 108 valence electrons. The summed E-state index contributed by atoms with van der Waals surface area (Å²) in [5.41, 5.74) is 2.02.